The zero-order valence-corrected chi connectivity index (χ0v) is 8.03. The van der Waals surface area contributed by atoms with Crippen LogP contribution in [0.15, 0.2) is 30.3 Å². The molecule has 1 aromatic carbocycles. The summed E-state index contributed by atoms with van der Waals surface area (Å²) in [7, 11) is 1.99. The number of hydrogen-bond donors (Lipinski definition) is 1. The largest absolute Gasteiger partial charge is 0.319 e. The third-order valence-corrected chi connectivity index (χ3v) is 2.24. The molecule has 1 heterocycles. The van der Waals surface area contributed by atoms with Gasteiger partial charge in [-0.1, -0.05) is 24.3 Å². The molecule has 0 radical (unpaired) electrons. The van der Waals surface area contributed by atoms with Gasteiger partial charge in [-0.3, -0.25) is 4.79 Å². The summed E-state index contributed by atoms with van der Waals surface area (Å²) in [6.45, 7) is 0.908. The average molecular weight is 188 g/mol. The van der Waals surface area contributed by atoms with E-state index in [2.05, 4.69) is 11.5 Å². The highest BCUT2D eigenvalue weighted by Crippen LogP contribution is 2.15. The molecule has 0 fully saturated rings. The van der Waals surface area contributed by atoms with E-state index in [0.717, 1.165) is 24.1 Å². The standard InChI is InChI=1S/C11H12N2O/c1-13-7-6-11(12-13)10-4-2-9(8-14)3-5-10/h2-6,8,12H,7H2,1H3. The van der Waals surface area contributed by atoms with Crippen molar-refractivity contribution in [1.82, 2.24) is 10.4 Å². The van der Waals surface area contributed by atoms with Gasteiger partial charge in [0.2, 0.25) is 0 Å². The number of benzene rings is 1. The Hall–Kier alpha value is -1.61. The highest BCUT2D eigenvalue weighted by Gasteiger charge is 2.09. The first kappa shape index (κ1) is 8.97. The maximum absolute atomic E-state index is 10.5. The molecule has 14 heavy (non-hydrogen) atoms. The van der Waals surface area contributed by atoms with Gasteiger partial charge in [-0.05, 0) is 11.6 Å². The van der Waals surface area contributed by atoms with Gasteiger partial charge in [0.25, 0.3) is 0 Å². The van der Waals surface area contributed by atoms with Crippen LogP contribution in [0.4, 0.5) is 0 Å². The molecule has 0 saturated heterocycles. The van der Waals surface area contributed by atoms with E-state index in [0.29, 0.717) is 5.56 Å². The fourth-order valence-corrected chi connectivity index (χ4v) is 1.45. The molecule has 1 aliphatic rings. The summed E-state index contributed by atoms with van der Waals surface area (Å²) in [6, 6.07) is 7.54. The van der Waals surface area contributed by atoms with Crippen LogP contribution in [-0.4, -0.2) is 24.9 Å². The summed E-state index contributed by atoms with van der Waals surface area (Å²) in [5.74, 6) is 0. The topological polar surface area (TPSA) is 32.3 Å². The zero-order chi connectivity index (χ0) is 9.97. The van der Waals surface area contributed by atoms with Crippen LogP contribution in [0.25, 0.3) is 5.70 Å². The molecule has 1 aromatic rings. The molecule has 72 valence electrons. The molecule has 1 N–H and O–H groups in total. The van der Waals surface area contributed by atoms with Crippen LogP contribution < -0.4 is 5.43 Å². The molecule has 0 atom stereocenters. The third-order valence-electron chi connectivity index (χ3n) is 2.24. The van der Waals surface area contributed by atoms with Gasteiger partial charge >= 0.3 is 0 Å². The molecule has 0 aromatic heterocycles. The van der Waals surface area contributed by atoms with Crippen molar-refractivity contribution < 1.29 is 4.79 Å². The molecule has 1 aliphatic heterocycles. The molecule has 0 aliphatic carbocycles. The van der Waals surface area contributed by atoms with Crippen molar-refractivity contribution in [2.75, 3.05) is 13.6 Å². The number of likely N-dealkylation sites (N-methyl/N-ethyl adjacent to an activating group) is 1. The Kier molecular flexibility index (Phi) is 2.33. The highest BCUT2D eigenvalue weighted by atomic mass is 16.1. The first-order valence-electron chi connectivity index (χ1n) is 4.53. The van der Waals surface area contributed by atoms with E-state index in [9.17, 15) is 4.79 Å². The summed E-state index contributed by atoms with van der Waals surface area (Å²) in [5, 5.41) is 2.00. The molecule has 2 rings (SSSR count). The van der Waals surface area contributed by atoms with Crippen LogP contribution in [0.1, 0.15) is 15.9 Å². The summed E-state index contributed by atoms with van der Waals surface area (Å²) in [5.41, 5.74) is 6.14. The minimum Gasteiger partial charge on any atom is -0.319 e. The second-order valence-corrected chi connectivity index (χ2v) is 3.35. The zero-order valence-electron chi connectivity index (χ0n) is 8.03. The molecule has 0 saturated carbocycles. The number of hydrogen-bond acceptors (Lipinski definition) is 3. The lowest BCUT2D eigenvalue weighted by atomic mass is 10.1. The van der Waals surface area contributed by atoms with E-state index in [4.69, 9.17) is 0 Å². The van der Waals surface area contributed by atoms with Crippen LogP contribution >= 0.6 is 0 Å². The lowest BCUT2D eigenvalue weighted by Gasteiger charge is -2.11. The van der Waals surface area contributed by atoms with Crippen LogP contribution in [0.3, 0.4) is 0 Å². The van der Waals surface area contributed by atoms with Crippen LogP contribution in [0.5, 0.6) is 0 Å². The van der Waals surface area contributed by atoms with E-state index < -0.39 is 0 Å². The summed E-state index contributed by atoms with van der Waals surface area (Å²) in [4.78, 5) is 10.5. The Balaban J connectivity index is 2.21. The van der Waals surface area contributed by atoms with Gasteiger partial charge in [0.1, 0.15) is 6.29 Å². The number of nitrogens with zero attached hydrogens (tertiary/aromatic N) is 1. The fourth-order valence-electron chi connectivity index (χ4n) is 1.45. The number of carbonyl (C=O) groups excluding carboxylic acids is 1. The fraction of sp³-hybridized carbons (Fsp3) is 0.182. The van der Waals surface area contributed by atoms with Crippen LogP contribution in [0, 0.1) is 0 Å². The Labute approximate surface area is 83.0 Å². The van der Waals surface area contributed by atoms with Crippen molar-refractivity contribution in [3.05, 3.63) is 41.5 Å². The quantitative estimate of drug-likeness (QED) is 0.710. The minimum absolute atomic E-state index is 0.709. The van der Waals surface area contributed by atoms with E-state index in [-0.39, 0.29) is 0 Å². The van der Waals surface area contributed by atoms with Crippen molar-refractivity contribution in [1.29, 1.82) is 0 Å². The molecule has 0 amide bonds. The van der Waals surface area contributed by atoms with Crippen molar-refractivity contribution >= 4 is 12.0 Å². The van der Waals surface area contributed by atoms with E-state index >= 15 is 0 Å². The van der Waals surface area contributed by atoms with Crippen molar-refractivity contribution in [3.63, 3.8) is 0 Å². The molecule has 3 heteroatoms. The summed E-state index contributed by atoms with van der Waals surface area (Å²) < 4.78 is 0. The van der Waals surface area contributed by atoms with Gasteiger partial charge < -0.3 is 5.43 Å². The molecular weight excluding hydrogens is 176 g/mol. The molecule has 0 bridgehead atoms. The first-order valence-corrected chi connectivity index (χ1v) is 4.53. The van der Waals surface area contributed by atoms with Crippen molar-refractivity contribution in [3.8, 4) is 0 Å². The Bertz CT molecular complexity index is 367. The van der Waals surface area contributed by atoms with Gasteiger partial charge in [-0.25, -0.2) is 5.01 Å². The monoisotopic (exact) mass is 188 g/mol. The van der Waals surface area contributed by atoms with Crippen molar-refractivity contribution in [2.24, 2.45) is 0 Å². The number of carbonyl (C=O) groups is 1. The predicted molar refractivity (Wildman–Crippen MR) is 55.6 cm³/mol. The lowest BCUT2D eigenvalue weighted by Crippen LogP contribution is -2.26. The molecule has 0 unspecified atom stereocenters. The highest BCUT2D eigenvalue weighted by molar-refractivity contribution is 5.76. The van der Waals surface area contributed by atoms with Gasteiger partial charge in [-0.15, -0.1) is 0 Å². The molecule has 3 nitrogen and oxygen atoms in total. The maximum atomic E-state index is 10.5. The number of aldehydes is 1. The van der Waals surface area contributed by atoms with Gasteiger partial charge in [0.15, 0.2) is 0 Å². The average Bonchev–Trinajstić information content (AvgIpc) is 2.65. The Morgan fingerprint density at radius 1 is 1.36 bits per heavy atom. The first-order chi connectivity index (χ1) is 6.79. The minimum atomic E-state index is 0.709. The normalized spacial score (nSPS) is 16.2. The van der Waals surface area contributed by atoms with Crippen molar-refractivity contribution in [2.45, 2.75) is 0 Å². The Morgan fingerprint density at radius 3 is 2.57 bits per heavy atom. The van der Waals surface area contributed by atoms with E-state index in [1.807, 2.05) is 36.3 Å². The van der Waals surface area contributed by atoms with E-state index in [1.54, 1.807) is 0 Å². The summed E-state index contributed by atoms with van der Waals surface area (Å²) >= 11 is 0. The smallest absolute Gasteiger partial charge is 0.150 e. The predicted octanol–water partition coefficient (Wildman–Crippen LogP) is 1.29. The van der Waals surface area contributed by atoms with Gasteiger partial charge in [0.05, 0.1) is 5.70 Å². The number of hydrazine groups is 1. The van der Waals surface area contributed by atoms with Crippen LogP contribution in [-0.2, 0) is 0 Å². The van der Waals surface area contributed by atoms with Gasteiger partial charge in [-0.2, -0.15) is 0 Å². The van der Waals surface area contributed by atoms with Gasteiger partial charge in [0, 0.05) is 19.2 Å². The number of nitrogens with one attached hydrogen (secondary N) is 1. The SMILES string of the molecule is CN1CC=C(c2ccc(C=O)cc2)N1. The van der Waals surface area contributed by atoms with Crippen LogP contribution in [0.2, 0.25) is 0 Å². The summed E-state index contributed by atoms with van der Waals surface area (Å²) in [6.07, 6.45) is 2.97. The second kappa shape index (κ2) is 3.64. The molecule has 0 spiro atoms. The molecular formula is C11H12N2O. The second-order valence-electron chi connectivity index (χ2n) is 3.35. The maximum Gasteiger partial charge on any atom is 0.150 e. The van der Waals surface area contributed by atoms with E-state index in [1.165, 1.54) is 0 Å². The third kappa shape index (κ3) is 1.67. The Morgan fingerprint density at radius 2 is 2.07 bits per heavy atom. The number of rotatable bonds is 2. The lowest BCUT2D eigenvalue weighted by molar-refractivity contribution is 0.112.